The number of quaternary nitrogens is 1. The number of aryl methyl sites for hydroxylation is 1. The van der Waals surface area contributed by atoms with E-state index in [1.807, 2.05) is 97.4 Å². The molecule has 210 valence electrons. The third-order valence-electron chi connectivity index (χ3n) is 8.59. The largest absolute Gasteiger partial charge is 0.326 e. The molecule has 4 amide bonds. The molecule has 0 radical (unpaired) electrons. The van der Waals surface area contributed by atoms with Gasteiger partial charge in [0.05, 0.1) is 12.2 Å². The Morgan fingerprint density at radius 2 is 1.63 bits per heavy atom. The molecule has 3 aromatic rings. The van der Waals surface area contributed by atoms with E-state index in [1.165, 1.54) is 9.80 Å². The van der Waals surface area contributed by atoms with Crippen LogP contribution in [-0.4, -0.2) is 53.1 Å². The summed E-state index contributed by atoms with van der Waals surface area (Å²) < 4.78 is 0. The van der Waals surface area contributed by atoms with Gasteiger partial charge in [-0.3, -0.25) is 29.0 Å². The van der Waals surface area contributed by atoms with Crippen LogP contribution >= 0.6 is 11.8 Å². The van der Waals surface area contributed by atoms with Crippen LogP contribution in [0.25, 0.3) is 0 Å². The first-order valence-corrected chi connectivity index (χ1v) is 15.3. The van der Waals surface area contributed by atoms with Gasteiger partial charge in [0.1, 0.15) is 24.4 Å². The van der Waals surface area contributed by atoms with E-state index < -0.39 is 17.4 Å². The molecule has 0 bridgehead atoms. The molecule has 0 aliphatic carbocycles. The van der Waals surface area contributed by atoms with Gasteiger partial charge in [0.2, 0.25) is 23.3 Å². The van der Waals surface area contributed by atoms with Gasteiger partial charge in [-0.2, -0.15) is 11.8 Å². The molecule has 3 heterocycles. The number of carbonyl (C=O) groups excluding carboxylic acids is 4. The molecule has 2 fully saturated rings. The van der Waals surface area contributed by atoms with Crippen LogP contribution in [0.1, 0.15) is 23.1 Å². The highest BCUT2D eigenvalue weighted by Crippen LogP contribution is 2.51. The predicted octanol–water partition coefficient (Wildman–Crippen LogP) is 2.68. The number of para-hydroxylation sites is 1. The third kappa shape index (κ3) is 4.53. The molecule has 3 unspecified atom stereocenters. The number of rotatable bonds is 8. The Morgan fingerprint density at radius 1 is 0.927 bits per heavy atom. The summed E-state index contributed by atoms with van der Waals surface area (Å²) in [5, 5.41) is 4.85. The molecule has 3 N–H and O–H groups in total. The van der Waals surface area contributed by atoms with Crippen LogP contribution in [0.15, 0.2) is 78.9 Å². The lowest BCUT2D eigenvalue weighted by atomic mass is 9.76. The summed E-state index contributed by atoms with van der Waals surface area (Å²) in [6.45, 7) is 1.95. The number of hydrogen-bond donors (Lipinski definition) is 2. The summed E-state index contributed by atoms with van der Waals surface area (Å²) >= 11 is 1.68. The molecule has 2 saturated heterocycles. The van der Waals surface area contributed by atoms with Crippen molar-refractivity contribution in [1.82, 2.24) is 4.90 Å². The second-order valence-electron chi connectivity index (χ2n) is 11.1. The van der Waals surface area contributed by atoms with Gasteiger partial charge in [-0.25, -0.2) is 0 Å². The summed E-state index contributed by atoms with van der Waals surface area (Å²) in [6, 6.07) is 24.1. The molecule has 0 aromatic heterocycles. The minimum atomic E-state index is -1.30. The van der Waals surface area contributed by atoms with E-state index in [0.29, 0.717) is 23.4 Å². The number of likely N-dealkylation sites (tertiary alicyclic amines) is 1. The number of carbonyl (C=O) groups is 4. The lowest BCUT2D eigenvalue weighted by Gasteiger charge is -2.27. The molecule has 1 spiro atoms. The first-order valence-electron chi connectivity index (χ1n) is 13.9. The zero-order valence-corrected chi connectivity index (χ0v) is 23.9. The molecular formula is C32H33N4O4S+. The van der Waals surface area contributed by atoms with Crippen molar-refractivity contribution in [3.8, 4) is 0 Å². The highest BCUT2D eigenvalue weighted by molar-refractivity contribution is 7.98. The Kier molecular flexibility index (Phi) is 7.17. The molecule has 41 heavy (non-hydrogen) atoms. The number of hydrogen-bond acceptors (Lipinski definition) is 5. The van der Waals surface area contributed by atoms with Crippen molar-refractivity contribution in [1.29, 1.82) is 0 Å². The second kappa shape index (κ2) is 10.8. The summed E-state index contributed by atoms with van der Waals surface area (Å²) in [5.74, 6) is -1.84. The van der Waals surface area contributed by atoms with Crippen LogP contribution in [0.2, 0.25) is 0 Å². The number of fused-ring (bicyclic) bond motifs is 4. The standard InChI is InChI=1S/C32H32N4O4S/c1-20-12-14-22(15-13-20)33-26(37)19-35-25-11-7-6-10-23(25)32(31(35)40)28-27(24(34-32)16-17-41-2)29(38)36(30(28)39)18-21-8-4-3-5-9-21/h3-15,24,27-28,34H,16-19H2,1-2H3,(H,33,37)/p+1/t24?,27?,28?,32-/m0/s1. The van der Waals surface area contributed by atoms with Crippen molar-refractivity contribution < 1.29 is 24.5 Å². The van der Waals surface area contributed by atoms with E-state index in [-0.39, 0.29) is 42.8 Å². The molecule has 3 aliphatic rings. The topological polar surface area (TPSA) is 103 Å². The molecule has 9 heteroatoms. The number of benzene rings is 3. The predicted molar refractivity (Wildman–Crippen MR) is 158 cm³/mol. The highest BCUT2D eigenvalue weighted by Gasteiger charge is 2.75. The van der Waals surface area contributed by atoms with Gasteiger partial charge in [0.15, 0.2) is 0 Å². The SMILES string of the molecule is CSCCC1[NH2+][C@]2(C(=O)N(CC(=O)Nc3ccc(C)cc3)c3ccccc32)C2C(=O)N(Cc3ccccc3)C(=O)C12. The maximum absolute atomic E-state index is 14.5. The van der Waals surface area contributed by atoms with Crippen LogP contribution in [0.4, 0.5) is 11.4 Å². The van der Waals surface area contributed by atoms with Crippen LogP contribution in [0.3, 0.4) is 0 Å². The van der Waals surface area contributed by atoms with E-state index in [2.05, 4.69) is 5.32 Å². The molecule has 3 aromatic carbocycles. The number of nitrogens with two attached hydrogens (primary N) is 1. The molecule has 4 atom stereocenters. The van der Waals surface area contributed by atoms with Crippen molar-refractivity contribution in [2.24, 2.45) is 11.8 Å². The van der Waals surface area contributed by atoms with E-state index in [9.17, 15) is 19.2 Å². The lowest BCUT2D eigenvalue weighted by molar-refractivity contribution is -0.733. The summed E-state index contributed by atoms with van der Waals surface area (Å²) in [5.41, 5.74) is 2.59. The number of nitrogens with one attached hydrogen (secondary N) is 1. The van der Waals surface area contributed by atoms with Gasteiger partial charge in [0, 0.05) is 17.7 Å². The minimum Gasteiger partial charge on any atom is -0.326 e. The smallest absolute Gasteiger partial charge is 0.294 e. The normalized spacial score (nSPS) is 24.7. The maximum Gasteiger partial charge on any atom is 0.294 e. The van der Waals surface area contributed by atoms with Crippen LogP contribution in [0, 0.1) is 18.8 Å². The second-order valence-corrected chi connectivity index (χ2v) is 12.0. The fourth-order valence-electron chi connectivity index (χ4n) is 6.75. The quantitative estimate of drug-likeness (QED) is 0.406. The number of nitrogens with zero attached hydrogens (tertiary/aromatic N) is 2. The average molecular weight is 570 g/mol. The van der Waals surface area contributed by atoms with E-state index in [1.54, 1.807) is 11.8 Å². The zero-order chi connectivity index (χ0) is 28.7. The Balaban J connectivity index is 1.36. The van der Waals surface area contributed by atoms with Crippen molar-refractivity contribution in [2.75, 3.05) is 28.8 Å². The van der Waals surface area contributed by atoms with Crippen molar-refractivity contribution in [3.63, 3.8) is 0 Å². The summed E-state index contributed by atoms with van der Waals surface area (Å²) in [6.07, 6.45) is 2.70. The van der Waals surface area contributed by atoms with Crippen molar-refractivity contribution in [3.05, 3.63) is 95.6 Å². The zero-order valence-electron chi connectivity index (χ0n) is 23.1. The van der Waals surface area contributed by atoms with Crippen LogP contribution < -0.4 is 15.5 Å². The minimum absolute atomic E-state index is 0.176. The van der Waals surface area contributed by atoms with Crippen molar-refractivity contribution in [2.45, 2.75) is 31.5 Å². The highest BCUT2D eigenvalue weighted by atomic mass is 32.2. The monoisotopic (exact) mass is 569 g/mol. The first kappa shape index (κ1) is 27.2. The first-order chi connectivity index (χ1) is 19.8. The molecule has 6 rings (SSSR count). The molecular weight excluding hydrogens is 536 g/mol. The fraction of sp³-hybridized carbons (Fsp3) is 0.312. The Labute approximate surface area is 243 Å². The van der Waals surface area contributed by atoms with Gasteiger partial charge in [-0.05, 0) is 42.7 Å². The molecule has 0 saturated carbocycles. The van der Waals surface area contributed by atoms with Gasteiger partial charge in [-0.1, -0.05) is 66.2 Å². The van der Waals surface area contributed by atoms with Gasteiger partial charge < -0.3 is 10.6 Å². The molecule has 3 aliphatic heterocycles. The number of imide groups is 1. The van der Waals surface area contributed by atoms with E-state index in [0.717, 1.165) is 16.9 Å². The Hall–Kier alpha value is -3.95. The van der Waals surface area contributed by atoms with E-state index >= 15 is 0 Å². The number of anilines is 2. The van der Waals surface area contributed by atoms with E-state index in [4.69, 9.17) is 0 Å². The summed E-state index contributed by atoms with van der Waals surface area (Å²) in [7, 11) is 0. The average Bonchev–Trinajstić information content (AvgIpc) is 3.53. The Morgan fingerprint density at radius 3 is 2.37 bits per heavy atom. The fourth-order valence-corrected chi connectivity index (χ4v) is 7.26. The van der Waals surface area contributed by atoms with Gasteiger partial charge >= 0.3 is 0 Å². The number of amides is 4. The van der Waals surface area contributed by atoms with Crippen LogP contribution in [-0.2, 0) is 31.3 Å². The van der Waals surface area contributed by atoms with Crippen LogP contribution in [0.5, 0.6) is 0 Å². The number of thioether (sulfide) groups is 1. The van der Waals surface area contributed by atoms with Gasteiger partial charge in [-0.15, -0.1) is 0 Å². The Bertz CT molecular complexity index is 1510. The lowest BCUT2D eigenvalue weighted by Crippen LogP contribution is -2.99. The maximum atomic E-state index is 14.5. The van der Waals surface area contributed by atoms with Crippen molar-refractivity contribution >= 4 is 46.8 Å². The third-order valence-corrected chi connectivity index (χ3v) is 9.23. The summed E-state index contributed by atoms with van der Waals surface area (Å²) in [4.78, 5) is 58.6. The van der Waals surface area contributed by atoms with Gasteiger partial charge in [0.25, 0.3) is 5.91 Å². The molecule has 8 nitrogen and oxygen atoms in total.